The zero-order valence-electron chi connectivity index (χ0n) is 11.4. The van der Waals surface area contributed by atoms with Gasteiger partial charge in [0.1, 0.15) is 10.8 Å². The van der Waals surface area contributed by atoms with Gasteiger partial charge in [0.05, 0.1) is 24.8 Å². The van der Waals surface area contributed by atoms with E-state index in [2.05, 4.69) is 0 Å². The number of anilines is 1. The minimum atomic E-state index is -0.304. The fourth-order valence-electron chi connectivity index (χ4n) is 1.93. The monoisotopic (exact) mass is 325 g/mol. The predicted octanol–water partition coefficient (Wildman–Crippen LogP) is 3.82. The molecule has 21 heavy (non-hydrogen) atoms. The Balaban J connectivity index is 2.55. The van der Waals surface area contributed by atoms with E-state index in [1.165, 1.54) is 20.3 Å². The van der Waals surface area contributed by atoms with Crippen molar-refractivity contribution in [1.82, 2.24) is 0 Å². The molecule has 4 nitrogen and oxygen atoms in total. The zero-order valence-corrected chi connectivity index (χ0v) is 13.0. The maximum atomic E-state index is 12.6. The molecular weight excluding hydrogens is 313 g/mol. The summed E-state index contributed by atoms with van der Waals surface area (Å²) in [6.45, 7) is 0. The molecule has 6 heteroatoms. The third kappa shape index (κ3) is 2.91. The Hall–Kier alpha value is -1.91. The van der Waals surface area contributed by atoms with Crippen LogP contribution in [0.15, 0.2) is 30.3 Å². The molecule has 0 atom stereocenters. The first-order valence-corrected chi connectivity index (χ1v) is 6.75. The van der Waals surface area contributed by atoms with Crippen LogP contribution in [0.1, 0.15) is 15.9 Å². The van der Waals surface area contributed by atoms with Gasteiger partial charge in [-0.1, -0.05) is 23.2 Å². The minimum Gasteiger partial charge on any atom is -0.495 e. The number of methoxy groups -OCH3 is 2. The first-order chi connectivity index (χ1) is 9.99. The van der Waals surface area contributed by atoms with Gasteiger partial charge in [0.25, 0.3) is 0 Å². The van der Waals surface area contributed by atoms with Gasteiger partial charge in [0.2, 0.25) is 0 Å². The van der Waals surface area contributed by atoms with E-state index < -0.39 is 0 Å². The molecule has 2 aromatic carbocycles. The van der Waals surface area contributed by atoms with Crippen molar-refractivity contribution in [3.63, 3.8) is 0 Å². The summed E-state index contributed by atoms with van der Waals surface area (Å²) in [6, 6.07) is 7.88. The molecule has 2 aromatic rings. The van der Waals surface area contributed by atoms with Crippen LogP contribution in [0.2, 0.25) is 10.0 Å². The van der Waals surface area contributed by atoms with Gasteiger partial charge in [-0.25, -0.2) is 0 Å². The molecule has 0 saturated carbocycles. The van der Waals surface area contributed by atoms with Crippen LogP contribution in [0.4, 0.5) is 5.69 Å². The second-order valence-corrected chi connectivity index (χ2v) is 5.02. The third-order valence-electron chi connectivity index (χ3n) is 2.97. The summed E-state index contributed by atoms with van der Waals surface area (Å²) < 4.78 is 10.3. The summed E-state index contributed by atoms with van der Waals surface area (Å²) in [5, 5.41) is 0.506. The maximum Gasteiger partial charge on any atom is 0.198 e. The number of nitrogen functional groups attached to an aromatic ring is 1. The van der Waals surface area contributed by atoms with E-state index in [1.54, 1.807) is 24.3 Å². The van der Waals surface area contributed by atoms with Gasteiger partial charge < -0.3 is 15.2 Å². The number of hydrogen-bond acceptors (Lipinski definition) is 4. The topological polar surface area (TPSA) is 61.5 Å². The van der Waals surface area contributed by atoms with E-state index in [9.17, 15) is 4.79 Å². The van der Waals surface area contributed by atoms with Crippen LogP contribution in [-0.2, 0) is 0 Å². The number of ketones is 1. The number of ether oxygens (including phenoxy) is 2. The highest BCUT2D eigenvalue weighted by atomic mass is 35.5. The standard InChI is InChI=1S/C15H13Cl2NO3/c1-20-12-6-5-10(15(21-2)13(12)17)14(19)9-4-3-8(18)7-11(9)16/h3-7H,18H2,1-2H3. The fourth-order valence-corrected chi connectivity index (χ4v) is 2.53. The fraction of sp³-hybridized carbons (Fsp3) is 0.133. The van der Waals surface area contributed by atoms with Crippen LogP contribution in [-0.4, -0.2) is 20.0 Å². The van der Waals surface area contributed by atoms with Crippen molar-refractivity contribution in [2.45, 2.75) is 0 Å². The Bertz CT molecular complexity index is 702. The van der Waals surface area contributed by atoms with E-state index in [1.807, 2.05) is 0 Å². The second kappa shape index (κ2) is 6.24. The molecule has 2 rings (SSSR count). The molecule has 0 amide bonds. The summed E-state index contributed by atoms with van der Waals surface area (Å²) in [6.07, 6.45) is 0. The van der Waals surface area contributed by atoms with Crippen LogP contribution in [0, 0.1) is 0 Å². The van der Waals surface area contributed by atoms with Crippen molar-refractivity contribution in [1.29, 1.82) is 0 Å². The van der Waals surface area contributed by atoms with Gasteiger partial charge in [-0.05, 0) is 30.3 Å². The SMILES string of the molecule is COc1ccc(C(=O)c2ccc(N)cc2Cl)c(OC)c1Cl. The molecule has 0 radical (unpaired) electrons. The van der Waals surface area contributed by atoms with Crippen molar-refractivity contribution in [3.8, 4) is 11.5 Å². The summed E-state index contributed by atoms with van der Waals surface area (Å²) in [7, 11) is 2.92. The van der Waals surface area contributed by atoms with Crippen molar-refractivity contribution in [3.05, 3.63) is 51.5 Å². The molecule has 110 valence electrons. The van der Waals surface area contributed by atoms with Crippen LogP contribution < -0.4 is 15.2 Å². The number of halogens is 2. The lowest BCUT2D eigenvalue weighted by atomic mass is 10.0. The first kappa shape index (κ1) is 15.5. The highest BCUT2D eigenvalue weighted by Crippen LogP contribution is 2.38. The second-order valence-electron chi connectivity index (χ2n) is 4.23. The number of benzene rings is 2. The minimum absolute atomic E-state index is 0.234. The molecule has 0 spiro atoms. The normalized spacial score (nSPS) is 10.3. The first-order valence-electron chi connectivity index (χ1n) is 5.99. The van der Waals surface area contributed by atoms with E-state index in [0.29, 0.717) is 22.6 Å². The number of rotatable bonds is 4. The number of carbonyl (C=O) groups excluding carboxylic acids is 1. The molecule has 0 aliphatic rings. The van der Waals surface area contributed by atoms with Crippen molar-refractivity contribution in [2.24, 2.45) is 0 Å². The molecule has 0 saturated heterocycles. The average Bonchev–Trinajstić information content (AvgIpc) is 2.46. The summed E-state index contributed by atoms with van der Waals surface area (Å²) in [5.74, 6) is 0.365. The molecule has 0 fully saturated rings. The van der Waals surface area contributed by atoms with E-state index in [0.717, 1.165) is 0 Å². The molecular formula is C15H13Cl2NO3. The highest BCUT2D eigenvalue weighted by Gasteiger charge is 2.21. The maximum absolute atomic E-state index is 12.6. The number of nitrogens with two attached hydrogens (primary N) is 1. The average molecular weight is 326 g/mol. The lowest BCUT2D eigenvalue weighted by molar-refractivity contribution is 0.103. The Kier molecular flexibility index (Phi) is 4.60. The number of carbonyl (C=O) groups is 1. The predicted molar refractivity (Wildman–Crippen MR) is 83.9 cm³/mol. The largest absolute Gasteiger partial charge is 0.495 e. The smallest absolute Gasteiger partial charge is 0.198 e. The van der Waals surface area contributed by atoms with Gasteiger partial charge in [-0.3, -0.25) is 4.79 Å². The van der Waals surface area contributed by atoms with Crippen LogP contribution in [0.25, 0.3) is 0 Å². The summed E-state index contributed by atoms with van der Waals surface area (Å²) in [5.41, 5.74) is 6.73. The van der Waals surface area contributed by atoms with Gasteiger partial charge in [0, 0.05) is 11.3 Å². The van der Waals surface area contributed by atoms with E-state index >= 15 is 0 Å². The van der Waals surface area contributed by atoms with Crippen molar-refractivity contribution < 1.29 is 14.3 Å². The zero-order chi connectivity index (χ0) is 15.6. The molecule has 0 aliphatic heterocycles. The van der Waals surface area contributed by atoms with Gasteiger partial charge in [0.15, 0.2) is 11.5 Å². The third-order valence-corrected chi connectivity index (χ3v) is 3.64. The van der Waals surface area contributed by atoms with Gasteiger partial charge in [-0.15, -0.1) is 0 Å². The van der Waals surface area contributed by atoms with Gasteiger partial charge in [-0.2, -0.15) is 0 Å². The Morgan fingerprint density at radius 1 is 1.05 bits per heavy atom. The quantitative estimate of drug-likeness (QED) is 0.685. The van der Waals surface area contributed by atoms with E-state index in [-0.39, 0.29) is 21.6 Å². The van der Waals surface area contributed by atoms with Crippen LogP contribution >= 0.6 is 23.2 Å². The Labute approximate surface area is 132 Å². The van der Waals surface area contributed by atoms with E-state index in [4.69, 9.17) is 38.4 Å². The Morgan fingerprint density at radius 3 is 2.29 bits per heavy atom. The Morgan fingerprint density at radius 2 is 1.71 bits per heavy atom. The number of hydrogen-bond donors (Lipinski definition) is 1. The van der Waals surface area contributed by atoms with Crippen molar-refractivity contribution in [2.75, 3.05) is 20.0 Å². The lowest BCUT2D eigenvalue weighted by Crippen LogP contribution is -2.06. The van der Waals surface area contributed by atoms with Crippen LogP contribution in [0.5, 0.6) is 11.5 Å². The van der Waals surface area contributed by atoms with Gasteiger partial charge >= 0.3 is 0 Å². The molecule has 0 aromatic heterocycles. The molecule has 0 unspecified atom stereocenters. The highest BCUT2D eigenvalue weighted by molar-refractivity contribution is 6.36. The van der Waals surface area contributed by atoms with Crippen LogP contribution in [0.3, 0.4) is 0 Å². The molecule has 0 bridgehead atoms. The molecule has 0 heterocycles. The molecule has 2 N–H and O–H groups in total. The summed E-state index contributed by atoms with van der Waals surface area (Å²) in [4.78, 5) is 12.6. The lowest BCUT2D eigenvalue weighted by Gasteiger charge is -2.13. The molecule has 0 aliphatic carbocycles. The summed E-state index contributed by atoms with van der Waals surface area (Å²) >= 11 is 12.2. The van der Waals surface area contributed by atoms with Crippen molar-refractivity contribution >= 4 is 34.7 Å².